The summed E-state index contributed by atoms with van der Waals surface area (Å²) in [5, 5.41) is 12.2. The van der Waals surface area contributed by atoms with Crippen LogP contribution in [0, 0.1) is 5.92 Å². The molecule has 1 atom stereocenters. The second-order valence-corrected chi connectivity index (χ2v) is 5.73. The van der Waals surface area contributed by atoms with Crippen molar-refractivity contribution in [1.29, 1.82) is 0 Å². The maximum atomic E-state index is 12.0. The van der Waals surface area contributed by atoms with E-state index >= 15 is 0 Å². The van der Waals surface area contributed by atoms with Gasteiger partial charge < -0.3 is 16.2 Å². The van der Waals surface area contributed by atoms with Crippen molar-refractivity contribution in [1.82, 2.24) is 5.32 Å². The molecule has 1 fully saturated rings. The van der Waals surface area contributed by atoms with E-state index in [0.717, 1.165) is 12.1 Å². The van der Waals surface area contributed by atoms with Gasteiger partial charge in [-0.1, -0.05) is 31.4 Å². The first kappa shape index (κ1) is 14.9. The highest BCUT2D eigenvalue weighted by molar-refractivity contribution is 5.81. The molecule has 0 heterocycles. The summed E-state index contributed by atoms with van der Waals surface area (Å²) in [6.45, 7) is 0.752. The van der Waals surface area contributed by atoms with Crippen LogP contribution in [-0.4, -0.2) is 23.6 Å². The van der Waals surface area contributed by atoms with E-state index in [9.17, 15) is 9.90 Å². The molecule has 1 saturated carbocycles. The molecule has 2 rings (SSSR count). The van der Waals surface area contributed by atoms with Crippen molar-refractivity contribution in [3.63, 3.8) is 0 Å². The number of hydrogen-bond donors (Lipinski definition) is 3. The zero-order valence-corrected chi connectivity index (χ0v) is 11.8. The van der Waals surface area contributed by atoms with Crippen LogP contribution in [0.3, 0.4) is 0 Å². The molecule has 1 aromatic rings. The Morgan fingerprint density at radius 1 is 1.25 bits per heavy atom. The van der Waals surface area contributed by atoms with Gasteiger partial charge in [-0.3, -0.25) is 4.79 Å². The van der Waals surface area contributed by atoms with E-state index < -0.39 is 6.04 Å². The van der Waals surface area contributed by atoms with E-state index in [4.69, 9.17) is 5.73 Å². The highest BCUT2D eigenvalue weighted by atomic mass is 16.3. The number of benzene rings is 1. The summed E-state index contributed by atoms with van der Waals surface area (Å²) in [7, 11) is 0. The third-order valence-corrected chi connectivity index (χ3v) is 4.02. The molecule has 0 bridgehead atoms. The molecule has 4 N–H and O–H groups in total. The summed E-state index contributed by atoms with van der Waals surface area (Å²) in [4.78, 5) is 12.0. The molecule has 20 heavy (non-hydrogen) atoms. The molecule has 4 heteroatoms. The lowest BCUT2D eigenvalue weighted by Gasteiger charge is -2.22. The molecule has 0 aromatic heterocycles. The smallest absolute Gasteiger partial charge is 0.237 e. The zero-order valence-electron chi connectivity index (χ0n) is 11.8. The van der Waals surface area contributed by atoms with Crippen molar-refractivity contribution >= 4 is 5.91 Å². The van der Waals surface area contributed by atoms with Crippen LogP contribution < -0.4 is 11.1 Å². The van der Waals surface area contributed by atoms with E-state index in [2.05, 4.69) is 5.32 Å². The van der Waals surface area contributed by atoms with Gasteiger partial charge in [0.2, 0.25) is 5.91 Å². The number of rotatable bonds is 5. The maximum absolute atomic E-state index is 12.0. The van der Waals surface area contributed by atoms with Crippen LogP contribution >= 0.6 is 0 Å². The Morgan fingerprint density at radius 2 is 1.90 bits per heavy atom. The van der Waals surface area contributed by atoms with Crippen molar-refractivity contribution in [3.8, 4) is 5.75 Å². The SMILES string of the molecule is N[C@H](Cc1ccc(O)cc1)C(=O)NCC1CCCCC1. The number of phenolic OH excluding ortho intramolecular Hbond substituents is 1. The normalized spacial score (nSPS) is 17.6. The van der Waals surface area contributed by atoms with Crippen molar-refractivity contribution < 1.29 is 9.90 Å². The fourth-order valence-corrected chi connectivity index (χ4v) is 2.75. The second-order valence-electron chi connectivity index (χ2n) is 5.73. The van der Waals surface area contributed by atoms with Crippen molar-refractivity contribution in [2.45, 2.75) is 44.6 Å². The zero-order chi connectivity index (χ0) is 14.4. The predicted molar refractivity (Wildman–Crippen MR) is 79.4 cm³/mol. The number of hydrogen-bond acceptors (Lipinski definition) is 3. The monoisotopic (exact) mass is 276 g/mol. The van der Waals surface area contributed by atoms with Gasteiger partial charge in [-0.05, 0) is 42.9 Å². The Labute approximate surface area is 120 Å². The fourth-order valence-electron chi connectivity index (χ4n) is 2.75. The van der Waals surface area contributed by atoms with Gasteiger partial charge in [-0.2, -0.15) is 0 Å². The van der Waals surface area contributed by atoms with Gasteiger partial charge in [-0.15, -0.1) is 0 Å². The largest absolute Gasteiger partial charge is 0.508 e. The fraction of sp³-hybridized carbons (Fsp3) is 0.562. The van der Waals surface area contributed by atoms with Crippen LogP contribution in [0.4, 0.5) is 0 Å². The molecular weight excluding hydrogens is 252 g/mol. The Bertz CT molecular complexity index is 425. The van der Waals surface area contributed by atoms with E-state index in [-0.39, 0.29) is 11.7 Å². The van der Waals surface area contributed by atoms with Crippen LogP contribution in [0.15, 0.2) is 24.3 Å². The van der Waals surface area contributed by atoms with Gasteiger partial charge in [0.15, 0.2) is 0 Å². The van der Waals surface area contributed by atoms with Crippen molar-refractivity contribution in [2.24, 2.45) is 11.7 Å². The van der Waals surface area contributed by atoms with E-state index in [1.165, 1.54) is 32.1 Å². The summed E-state index contributed by atoms with van der Waals surface area (Å²) in [6, 6.07) is 6.29. The number of amides is 1. The summed E-state index contributed by atoms with van der Waals surface area (Å²) in [6.07, 6.45) is 6.81. The molecule has 4 nitrogen and oxygen atoms in total. The minimum absolute atomic E-state index is 0.0800. The quantitative estimate of drug-likeness (QED) is 0.769. The molecular formula is C16H24N2O2. The molecule has 0 unspecified atom stereocenters. The highest BCUT2D eigenvalue weighted by Gasteiger charge is 2.17. The average molecular weight is 276 g/mol. The summed E-state index contributed by atoms with van der Waals surface area (Å²) < 4.78 is 0. The number of carbonyl (C=O) groups is 1. The third-order valence-electron chi connectivity index (χ3n) is 4.02. The Kier molecular flexibility index (Phi) is 5.41. The topological polar surface area (TPSA) is 75.3 Å². The number of nitrogens with two attached hydrogens (primary N) is 1. The molecule has 0 spiro atoms. The lowest BCUT2D eigenvalue weighted by Crippen LogP contribution is -2.43. The van der Waals surface area contributed by atoms with Gasteiger partial charge >= 0.3 is 0 Å². The van der Waals surface area contributed by atoms with E-state index in [1.54, 1.807) is 24.3 Å². The number of carbonyl (C=O) groups excluding carboxylic acids is 1. The Balaban J connectivity index is 1.75. The number of nitrogens with one attached hydrogen (secondary N) is 1. The van der Waals surface area contributed by atoms with Gasteiger partial charge in [0.05, 0.1) is 6.04 Å². The number of aromatic hydroxyl groups is 1. The molecule has 0 saturated heterocycles. The third kappa shape index (κ3) is 4.53. The molecule has 1 aliphatic carbocycles. The van der Waals surface area contributed by atoms with Gasteiger partial charge in [-0.25, -0.2) is 0 Å². The minimum Gasteiger partial charge on any atom is -0.508 e. The van der Waals surface area contributed by atoms with Gasteiger partial charge in [0, 0.05) is 6.54 Å². The second kappa shape index (κ2) is 7.29. The molecule has 1 amide bonds. The van der Waals surface area contributed by atoms with E-state index in [1.807, 2.05) is 0 Å². The molecule has 1 aliphatic rings. The Hall–Kier alpha value is -1.55. The standard InChI is InChI=1S/C16H24N2O2/c17-15(10-12-6-8-14(19)9-7-12)16(20)18-11-13-4-2-1-3-5-13/h6-9,13,15,19H,1-5,10-11,17H2,(H,18,20)/t15-/m1/s1. The first-order valence-electron chi connectivity index (χ1n) is 7.46. The predicted octanol–water partition coefficient (Wildman–Crippen LogP) is 1.96. The Morgan fingerprint density at radius 3 is 2.55 bits per heavy atom. The summed E-state index contributed by atoms with van der Waals surface area (Å²) >= 11 is 0. The number of phenols is 1. The van der Waals surface area contributed by atoms with Gasteiger partial charge in [0.1, 0.15) is 5.75 Å². The lowest BCUT2D eigenvalue weighted by atomic mass is 9.89. The maximum Gasteiger partial charge on any atom is 0.237 e. The van der Waals surface area contributed by atoms with Crippen molar-refractivity contribution in [2.75, 3.05) is 6.54 Å². The van der Waals surface area contributed by atoms with Crippen LogP contribution in [0.1, 0.15) is 37.7 Å². The average Bonchev–Trinajstić information content (AvgIpc) is 2.48. The first-order valence-corrected chi connectivity index (χ1v) is 7.46. The van der Waals surface area contributed by atoms with Crippen LogP contribution in [0.25, 0.3) is 0 Å². The summed E-state index contributed by atoms with van der Waals surface area (Å²) in [5.41, 5.74) is 6.89. The van der Waals surface area contributed by atoms with Crippen LogP contribution in [0.5, 0.6) is 5.75 Å². The lowest BCUT2D eigenvalue weighted by molar-refractivity contribution is -0.122. The molecule has 1 aromatic carbocycles. The molecule has 110 valence electrons. The van der Waals surface area contributed by atoms with Crippen molar-refractivity contribution in [3.05, 3.63) is 29.8 Å². The van der Waals surface area contributed by atoms with E-state index in [0.29, 0.717) is 12.3 Å². The minimum atomic E-state index is -0.525. The molecule has 0 aliphatic heterocycles. The summed E-state index contributed by atoms with van der Waals surface area (Å²) in [5.74, 6) is 0.765. The molecule has 0 radical (unpaired) electrons. The van der Waals surface area contributed by atoms with Crippen LogP contribution in [-0.2, 0) is 11.2 Å². The first-order chi connectivity index (χ1) is 9.65. The van der Waals surface area contributed by atoms with Gasteiger partial charge in [0.25, 0.3) is 0 Å². The van der Waals surface area contributed by atoms with Crippen LogP contribution in [0.2, 0.25) is 0 Å². The highest BCUT2D eigenvalue weighted by Crippen LogP contribution is 2.22.